The first kappa shape index (κ1) is 19.6. The van der Waals surface area contributed by atoms with Crippen LogP contribution in [0.1, 0.15) is 33.8 Å². The lowest BCUT2D eigenvalue weighted by atomic mass is 10.1. The highest BCUT2D eigenvalue weighted by molar-refractivity contribution is 6.31. The van der Waals surface area contributed by atoms with Gasteiger partial charge in [-0.3, -0.25) is 19.2 Å². The number of aromatic nitrogens is 4. The van der Waals surface area contributed by atoms with Gasteiger partial charge in [-0.25, -0.2) is 4.98 Å². The fourth-order valence-corrected chi connectivity index (χ4v) is 3.37. The second-order valence-corrected chi connectivity index (χ2v) is 7.11. The number of hydrogen-bond donors (Lipinski definition) is 2. The number of carbonyl (C=O) groups excluding carboxylic acids is 2. The summed E-state index contributed by atoms with van der Waals surface area (Å²) < 4.78 is 6.74. The zero-order valence-corrected chi connectivity index (χ0v) is 16.9. The van der Waals surface area contributed by atoms with Gasteiger partial charge in [0.2, 0.25) is 5.88 Å². The van der Waals surface area contributed by atoms with E-state index in [4.69, 9.17) is 22.1 Å². The van der Waals surface area contributed by atoms with Crippen molar-refractivity contribution >= 4 is 40.7 Å². The molecule has 154 valence electrons. The van der Waals surface area contributed by atoms with Crippen molar-refractivity contribution in [3.63, 3.8) is 0 Å². The molecular weight excluding hydrogens is 410 g/mol. The standard InChI is InChI=1S/C19H18ClN7O3/c1-10-9-26(15-6-4-12(20)18(25-15)30-2)19(29)16-13(8-23-27(10)16)24-17(28)11-3-5-14(21)22-7-11/h3-8,10H,9H2,1-2H3,(H2,21,22)(H,24,28)/t10-/m0/s1. The van der Waals surface area contributed by atoms with E-state index in [0.29, 0.717) is 34.5 Å². The van der Waals surface area contributed by atoms with Crippen LogP contribution in [-0.2, 0) is 0 Å². The fraction of sp³-hybridized carbons (Fsp3) is 0.211. The Morgan fingerprint density at radius 2 is 2.10 bits per heavy atom. The van der Waals surface area contributed by atoms with Gasteiger partial charge in [-0.05, 0) is 31.2 Å². The molecule has 0 aliphatic carbocycles. The van der Waals surface area contributed by atoms with Crippen molar-refractivity contribution in [2.24, 2.45) is 0 Å². The van der Waals surface area contributed by atoms with Gasteiger partial charge >= 0.3 is 0 Å². The molecule has 3 aromatic rings. The number of pyridine rings is 2. The predicted molar refractivity (Wildman–Crippen MR) is 111 cm³/mol. The van der Waals surface area contributed by atoms with Crippen molar-refractivity contribution < 1.29 is 14.3 Å². The Balaban J connectivity index is 1.66. The average molecular weight is 428 g/mol. The number of methoxy groups -OCH3 is 1. The molecule has 1 atom stereocenters. The minimum Gasteiger partial charge on any atom is -0.480 e. The van der Waals surface area contributed by atoms with Crippen molar-refractivity contribution in [3.05, 3.63) is 52.9 Å². The van der Waals surface area contributed by atoms with Gasteiger partial charge in [-0.2, -0.15) is 10.1 Å². The van der Waals surface area contributed by atoms with E-state index in [1.807, 2.05) is 6.92 Å². The molecule has 0 saturated heterocycles. The number of nitrogens with two attached hydrogens (primary N) is 1. The highest BCUT2D eigenvalue weighted by Crippen LogP contribution is 2.32. The summed E-state index contributed by atoms with van der Waals surface area (Å²) in [6, 6.07) is 6.18. The molecule has 0 radical (unpaired) electrons. The van der Waals surface area contributed by atoms with Crippen molar-refractivity contribution in [1.29, 1.82) is 0 Å². The molecule has 0 saturated carbocycles. The molecule has 4 heterocycles. The third kappa shape index (κ3) is 3.41. The molecule has 0 bridgehead atoms. The van der Waals surface area contributed by atoms with E-state index in [0.717, 1.165) is 0 Å². The van der Waals surface area contributed by atoms with Crippen molar-refractivity contribution in [3.8, 4) is 5.88 Å². The third-order valence-corrected chi connectivity index (χ3v) is 4.96. The molecule has 0 fully saturated rings. The van der Waals surface area contributed by atoms with Crippen LogP contribution < -0.4 is 20.7 Å². The Hall–Kier alpha value is -3.66. The first-order valence-corrected chi connectivity index (χ1v) is 9.39. The molecule has 10 nitrogen and oxygen atoms in total. The van der Waals surface area contributed by atoms with E-state index >= 15 is 0 Å². The number of carbonyl (C=O) groups is 2. The largest absolute Gasteiger partial charge is 0.480 e. The first-order chi connectivity index (χ1) is 14.4. The lowest BCUT2D eigenvalue weighted by Crippen LogP contribution is -2.43. The number of rotatable bonds is 4. The summed E-state index contributed by atoms with van der Waals surface area (Å²) in [6.07, 6.45) is 2.81. The highest BCUT2D eigenvalue weighted by Gasteiger charge is 2.35. The number of fused-ring (bicyclic) bond motifs is 1. The SMILES string of the molecule is COc1nc(N2C[C@H](C)n3ncc(NC(=O)c4ccc(N)nc4)c3C2=O)ccc1Cl. The van der Waals surface area contributed by atoms with Crippen molar-refractivity contribution in [2.45, 2.75) is 13.0 Å². The van der Waals surface area contributed by atoms with Gasteiger partial charge in [0.25, 0.3) is 11.8 Å². The normalized spacial score (nSPS) is 15.6. The second kappa shape index (κ2) is 7.64. The molecule has 3 aromatic heterocycles. The number of nitrogens with one attached hydrogen (secondary N) is 1. The smallest absolute Gasteiger partial charge is 0.279 e. The highest BCUT2D eigenvalue weighted by atomic mass is 35.5. The Morgan fingerprint density at radius 3 is 2.80 bits per heavy atom. The van der Waals surface area contributed by atoms with E-state index in [-0.39, 0.29) is 23.5 Å². The maximum atomic E-state index is 13.3. The van der Waals surface area contributed by atoms with Gasteiger partial charge in [-0.15, -0.1) is 0 Å². The summed E-state index contributed by atoms with van der Waals surface area (Å²) in [5, 5.41) is 7.34. The number of anilines is 3. The van der Waals surface area contributed by atoms with Crippen LogP contribution in [0.25, 0.3) is 0 Å². The topological polar surface area (TPSA) is 128 Å². The summed E-state index contributed by atoms with van der Waals surface area (Å²) in [5.41, 5.74) is 6.41. The minimum absolute atomic E-state index is 0.148. The van der Waals surface area contributed by atoms with Crippen LogP contribution in [-0.4, -0.2) is 45.2 Å². The van der Waals surface area contributed by atoms with Gasteiger partial charge in [0.15, 0.2) is 5.69 Å². The molecule has 2 amide bonds. The minimum atomic E-state index is -0.429. The maximum Gasteiger partial charge on any atom is 0.279 e. The molecule has 3 N–H and O–H groups in total. The first-order valence-electron chi connectivity index (χ1n) is 9.02. The molecular formula is C19H18ClN7O3. The summed E-state index contributed by atoms with van der Waals surface area (Å²) in [7, 11) is 1.45. The van der Waals surface area contributed by atoms with Crippen LogP contribution in [0.2, 0.25) is 5.02 Å². The van der Waals surface area contributed by atoms with E-state index in [2.05, 4.69) is 20.4 Å². The Bertz CT molecular complexity index is 1130. The summed E-state index contributed by atoms with van der Waals surface area (Å²) in [4.78, 5) is 35.6. The molecule has 11 heteroatoms. The van der Waals surface area contributed by atoms with Crippen LogP contribution in [0.4, 0.5) is 17.3 Å². The number of ether oxygens (including phenoxy) is 1. The number of hydrogen-bond acceptors (Lipinski definition) is 7. The summed E-state index contributed by atoms with van der Waals surface area (Å²) in [5.74, 6) is 0.133. The monoisotopic (exact) mass is 427 g/mol. The number of nitrogen functional groups attached to an aromatic ring is 1. The summed E-state index contributed by atoms with van der Waals surface area (Å²) in [6.45, 7) is 2.26. The van der Waals surface area contributed by atoms with E-state index in [9.17, 15) is 9.59 Å². The lowest BCUT2D eigenvalue weighted by molar-refractivity contribution is 0.0953. The molecule has 1 aliphatic rings. The second-order valence-electron chi connectivity index (χ2n) is 6.70. The van der Waals surface area contributed by atoms with Crippen LogP contribution in [0.5, 0.6) is 5.88 Å². The van der Waals surface area contributed by atoms with Gasteiger partial charge in [0.05, 0.1) is 30.6 Å². The zero-order valence-electron chi connectivity index (χ0n) is 16.2. The number of nitrogens with zero attached hydrogens (tertiary/aromatic N) is 5. The van der Waals surface area contributed by atoms with E-state index in [1.54, 1.807) is 22.9 Å². The van der Waals surface area contributed by atoms with Crippen LogP contribution in [0, 0.1) is 0 Å². The van der Waals surface area contributed by atoms with Crippen LogP contribution in [0.15, 0.2) is 36.7 Å². The molecule has 30 heavy (non-hydrogen) atoms. The lowest BCUT2D eigenvalue weighted by Gasteiger charge is -2.31. The predicted octanol–water partition coefficient (Wildman–Crippen LogP) is 2.39. The quantitative estimate of drug-likeness (QED) is 0.654. The number of amides is 2. The molecule has 0 unspecified atom stereocenters. The Kier molecular flexibility index (Phi) is 5.00. The maximum absolute atomic E-state index is 13.3. The van der Waals surface area contributed by atoms with Crippen molar-refractivity contribution in [2.75, 3.05) is 29.6 Å². The van der Waals surface area contributed by atoms with Gasteiger partial charge in [-0.1, -0.05) is 11.6 Å². The Labute approximate surface area is 176 Å². The molecule has 4 rings (SSSR count). The number of halogens is 1. The molecule has 0 spiro atoms. The average Bonchev–Trinajstić information content (AvgIpc) is 3.16. The van der Waals surface area contributed by atoms with Gasteiger partial charge < -0.3 is 15.8 Å². The summed E-state index contributed by atoms with van der Waals surface area (Å²) >= 11 is 6.05. The zero-order chi connectivity index (χ0) is 21.4. The third-order valence-electron chi connectivity index (χ3n) is 4.67. The molecule has 0 aromatic carbocycles. The van der Waals surface area contributed by atoms with E-state index in [1.165, 1.54) is 30.5 Å². The van der Waals surface area contributed by atoms with Crippen LogP contribution >= 0.6 is 11.6 Å². The van der Waals surface area contributed by atoms with Gasteiger partial charge in [0.1, 0.15) is 16.7 Å². The Morgan fingerprint density at radius 1 is 1.30 bits per heavy atom. The van der Waals surface area contributed by atoms with Crippen LogP contribution in [0.3, 0.4) is 0 Å². The van der Waals surface area contributed by atoms with Crippen molar-refractivity contribution in [1.82, 2.24) is 19.7 Å². The van der Waals surface area contributed by atoms with E-state index < -0.39 is 5.91 Å². The molecule has 1 aliphatic heterocycles. The van der Waals surface area contributed by atoms with Gasteiger partial charge in [0, 0.05) is 12.7 Å². The fourth-order valence-electron chi connectivity index (χ4n) is 3.19.